The van der Waals surface area contributed by atoms with Crippen LogP contribution in [0.2, 0.25) is 5.02 Å². The average Bonchev–Trinajstić information content (AvgIpc) is 3.02. The number of anilines is 1. The molecule has 2 aromatic rings. The number of amides is 1. The van der Waals surface area contributed by atoms with Gasteiger partial charge in [-0.2, -0.15) is 0 Å². The number of thiazole rings is 1. The van der Waals surface area contributed by atoms with Gasteiger partial charge in [0.2, 0.25) is 5.91 Å². The van der Waals surface area contributed by atoms with E-state index in [0.717, 1.165) is 22.0 Å². The zero-order chi connectivity index (χ0) is 17.1. The van der Waals surface area contributed by atoms with Gasteiger partial charge in [0.1, 0.15) is 6.61 Å². The first-order chi connectivity index (χ1) is 11.5. The number of benzene rings is 1. The van der Waals surface area contributed by atoms with Gasteiger partial charge in [-0.05, 0) is 24.6 Å². The molecule has 8 heteroatoms. The predicted molar refractivity (Wildman–Crippen MR) is 95.6 cm³/mol. The highest BCUT2D eigenvalue weighted by molar-refractivity contribution is 8.01. The van der Waals surface area contributed by atoms with E-state index in [4.69, 9.17) is 16.3 Å². The molecule has 0 radical (unpaired) electrons. The monoisotopic (exact) mass is 382 g/mol. The number of hydrogen-bond donors (Lipinski definition) is 1. The topological polar surface area (TPSA) is 68.3 Å². The zero-order valence-corrected chi connectivity index (χ0v) is 15.3. The zero-order valence-electron chi connectivity index (χ0n) is 12.9. The summed E-state index contributed by atoms with van der Waals surface area (Å²) in [6, 6.07) is 5.29. The van der Waals surface area contributed by atoms with Crippen LogP contribution in [0, 0.1) is 0 Å². The number of fused-ring (bicyclic) bond motifs is 1. The second-order valence-corrected chi connectivity index (χ2v) is 7.81. The number of esters is 1. The summed E-state index contributed by atoms with van der Waals surface area (Å²) in [5.41, 5.74) is 1.42. The lowest BCUT2D eigenvalue weighted by atomic mass is 10.2. The van der Waals surface area contributed by atoms with Crippen molar-refractivity contribution < 1.29 is 14.3 Å². The van der Waals surface area contributed by atoms with Crippen molar-refractivity contribution in [2.75, 3.05) is 5.32 Å². The number of nitrogens with one attached hydrogen (secondary N) is 1. The molecule has 0 aliphatic carbocycles. The molecule has 1 aliphatic heterocycles. The summed E-state index contributed by atoms with van der Waals surface area (Å²) >= 11 is 8.81. The fourth-order valence-electron chi connectivity index (χ4n) is 2.20. The average molecular weight is 383 g/mol. The normalized spacial score (nSPS) is 16.4. The number of hydrogen-bond acceptors (Lipinski definition) is 6. The van der Waals surface area contributed by atoms with Gasteiger partial charge in [0.25, 0.3) is 0 Å². The van der Waals surface area contributed by atoms with Crippen LogP contribution in [0.4, 0.5) is 5.69 Å². The number of rotatable bonds is 5. The van der Waals surface area contributed by atoms with Gasteiger partial charge in [0, 0.05) is 15.3 Å². The Morgan fingerprint density at radius 2 is 2.29 bits per heavy atom. The van der Waals surface area contributed by atoms with Crippen LogP contribution in [0.15, 0.2) is 28.5 Å². The molecule has 2 heterocycles. The molecule has 1 N–H and O–H groups in total. The van der Waals surface area contributed by atoms with E-state index in [9.17, 15) is 9.59 Å². The predicted octanol–water partition coefficient (Wildman–Crippen LogP) is 3.91. The molecular weight excluding hydrogens is 368 g/mol. The number of halogens is 1. The fraction of sp³-hybridized carbons (Fsp3) is 0.312. The number of carbonyl (C=O) groups excluding carboxylic acids is 2. The largest absolute Gasteiger partial charge is 0.459 e. The molecule has 1 unspecified atom stereocenters. The SMILES string of the molecule is CCc1nc(COC(=O)CC2Sc3ccc(Cl)cc3NC2=O)cs1. The first kappa shape index (κ1) is 17.3. The first-order valence-corrected chi connectivity index (χ1v) is 9.55. The molecule has 126 valence electrons. The standard InChI is InChI=1S/C16H15ClN2O3S2/c1-2-14-18-10(8-23-14)7-22-15(20)6-13-16(21)19-11-5-9(17)3-4-12(11)24-13/h3-5,8,13H,2,6-7H2,1H3,(H,19,21). The van der Waals surface area contributed by atoms with E-state index in [1.807, 2.05) is 18.4 Å². The molecule has 1 aromatic heterocycles. The lowest BCUT2D eigenvalue weighted by molar-refractivity contribution is -0.145. The van der Waals surface area contributed by atoms with Crippen LogP contribution in [0.1, 0.15) is 24.0 Å². The summed E-state index contributed by atoms with van der Waals surface area (Å²) in [6.07, 6.45) is 0.879. The minimum atomic E-state index is -0.507. The summed E-state index contributed by atoms with van der Waals surface area (Å²) in [6.45, 7) is 2.17. The van der Waals surface area contributed by atoms with Crippen molar-refractivity contribution in [1.29, 1.82) is 0 Å². The Morgan fingerprint density at radius 1 is 1.46 bits per heavy atom. The van der Waals surface area contributed by atoms with Crippen LogP contribution < -0.4 is 5.32 Å². The Balaban J connectivity index is 1.56. The lowest BCUT2D eigenvalue weighted by Crippen LogP contribution is -2.31. The summed E-state index contributed by atoms with van der Waals surface area (Å²) in [4.78, 5) is 29.4. The van der Waals surface area contributed by atoms with Gasteiger partial charge >= 0.3 is 5.97 Å². The molecule has 0 bridgehead atoms. The van der Waals surface area contributed by atoms with Crippen molar-refractivity contribution in [3.63, 3.8) is 0 Å². The van der Waals surface area contributed by atoms with E-state index in [1.165, 1.54) is 11.8 Å². The summed E-state index contributed by atoms with van der Waals surface area (Å²) in [7, 11) is 0. The molecule has 24 heavy (non-hydrogen) atoms. The summed E-state index contributed by atoms with van der Waals surface area (Å²) < 4.78 is 5.23. The molecule has 0 saturated heterocycles. The van der Waals surface area contributed by atoms with Crippen molar-refractivity contribution in [3.8, 4) is 0 Å². The molecular formula is C16H15ClN2O3S2. The Labute approximate surface area is 152 Å². The number of nitrogens with zero attached hydrogens (tertiary/aromatic N) is 1. The lowest BCUT2D eigenvalue weighted by Gasteiger charge is -2.23. The van der Waals surface area contributed by atoms with Crippen molar-refractivity contribution in [2.45, 2.75) is 36.5 Å². The number of carbonyl (C=O) groups is 2. The number of ether oxygens (including phenoxy) is 1. The van der Waals surface area contributed by atoms with Crippen molar-refractivity contribution >= 4 is 52.3 Å². The van der Waals surface area contributed by atoms with Gasteiger partial charge in [-0.25, -0.2) is 4.98 Å². The highest BCUT2D eigenvalue weighted by atomic mass is 35.5. The Hall–Kier alpha value is -1.57. The maximum atomic E-state index is 12.1. The maximum Gasteiger partial charge on any atom is 0.307 e. The van der Waals surface area contributed by atoms with Crippen LogP contribution in [0.3, 0.4) is 0 Å². The third-order valence-corrected chi connectivity index (χ3v) is 5.95. The minimum Gasteiger partial charge on any atom is -0.459 e. The highest BCUT2D eigenvalue weighted by Crippen LogP contribution is 2.38. The highest BCUT2D eigenvalue weighted by Gasteiger charge is 2.29. The van der Waals surface area contributed by atoms with E-state index in [1.54, 1.807) is 23.5 Å². The quantitative estimate of drug-likeness (QED) is 0.794. The second kappa shape index (κ2) is 7.55. The van der Waals surface area contributed by atoms with E-state index in [2.05, 4.69) is 10.3 Å². The Kier molecular flexibility index (Phi) is 5.43. The van der Waals surface area contributed by atoms with Gasteiger partial charge < -0.3 is 10.1 Å². The molecule has 1 amide bonds. The smallest absolute Gasteiger partial charge is 0.307 e. The maximum absolute atomic E-state index is 12.1. The molecule has 1 atom stereocenters. The third-order valence-electron chi connectivity index (χ3n) is 3.40. The van der Waals surface area contributed by atoms with E-state index >= 15 is 0 Å². The van der Waals surface area contributed by atoms with E-state index < -0.39 is 11.2 Å². The van der Waals surface area contributed by atoms with Crippen molar-refractivity contribution in [1.82, 2.24) is 4.98 Å². The number of aromatic nitrogens is 1. The molecule has 1 aromatic carbocycles. The van der Waals surface area contributed by atoms with Crippen molar-refractivity contribution in [3.05, 3.63) is 39.3 Å². The van der Waals surface area contributed by atoms with Gasteiger partial charge in [-0.15, -0.1) is 23.1 Å². The Bertz CT molecular complexity index is 778. The molecule has 0 fully saturated rings. The van der Waals surface area contributed by atoms with Gasteiger partial charge in [-0.1, -0.05) is 18.5 Å². The molecule has 0 spiro atoms. The summed E-state index contributed by atoms with van der Waals surface area (Å²) in [5, 5.41) is 5.72. The van der Waals surface area contributed by atoms with Crippen LogP contribution in [-0.4, -0.2) is 22.1 Å². The van der Waals surface area contributed by atoms with Crippen LogP contribution in [0.25, 0.3) is 0 Å². The van der Waals surface area contributed by atoms with Gasteiger partial charge in [0.05, 0.1) is 28.1 Å². The molecule has 5 nitrogen and oxygen atoms in total. The van der Waals surface area contributed by atoms with Crippen LogP contribution in [-0.2, 0) is 27.4 Å². The van der Waals surface area contributed by atoms with Crippen molar-refractivity contribution in [2.24, 2.45) is 0 Å². The van der Waals surface area contributed by atoms with Gasteiger partial charge in [-0.3, -0.25) is 9.59 Å². The molecule has 1 aliphatic rings. The first-order valence-electron chi connectivity index (χ1n) is 7.41. The number of aryl methyl sites for hydroxylation is 1. The number of thioether (sulfide) groups is 1. The fourth-order valence-corrected chi connectivity index (χ4v) is 4.18. The molecule has 0 saturated carbocycles. The van der Waals surface area contributed by atoms with Crippen LogP contribution in [0.5, 0.6) is 0 Å². The second-order valence-electron chi connectivity index (χ2n) is 5.19. The minimum absolute atomic E-state index is 0.0172. The molecule has 3 rings (SSSR count). The van der Waals surface area contributed by atoms with E-state index in [-0.39, 0.29) is 18.9 Å². The van der Waals surface area contributed by atoms with Gasteiger partial charge in [0.15, 0.2) is 0 Å². The summed E-state index contributed by atoms with van der Waals surface area (Å²) in [5.74, 6) is -0.625. The third kappa shape index (κ3) is 4.09. The Morgan fingerprint density at radius 3 is 3.04 bits per heavy atom. The van der Waals surface area contributed by atoms with E-state index in [0.29, 0.717) is 10.7 Å². The van der Waals surface area contributed by atoms with Crippen LogP contribution >= 0.6 is 34.7 Å².